The van der Waals surface area contributed by atoms with E-state index in [-0.39, 0.29) is 5.82 Å². The van der Waals surface area contributed by atoms with E-state index < -0.39 is 5.97 Å². The highest BCUT2D eigenvalue weighted by molar-refractivity contribution is 5.88. The minimum Gasteiger partial charge on any atom is -0.475 e. The molecule has 2 heterocycles. The first-order valence-corrected chi connectivity index (χ1v) is 5.81. The van der Waals surface area contributed by atoms with Gasteiger partial charge in [-0.3, -0.25) is 4.40 Å². The second-order valence-electron chi connectivity index (χ2n) is 4.22. The monoisotopic (exact) mass is 253 g/mol. The van der Waals surface area contributed by atoms with Gasteiger partial charge < -0.3 is 5.11 Å². The molecule has 94 valence electrons. The van der Waals surface area contributed by atoms with Crippen LogP contribution in [0.1, 0.15) is 16.2 Å². The molecule has 0 aliphatic rings. The summed E-state index contributed by atoms with van der Waals surface area (Å²) in [5.74, 6) is -1.09. The highest BCUT2D eigenvalue weighted by atomic mass is 16.4. The molecule has 0 saturated carbocycles. The van der Waals surface area contributed by atoms with Crippen LogP contribution in [0.2, 0.25) is 0 Å². The van der Waals surface area contributed by atoms with Gasteiger partial charge >= 0.3 is 5.97 Å². The van der Waals surface area contributed by atoms with Crippen LogP contribution in [0, 0.1) is 6.92 Å². The molecule has 0 aliphatic carbocycles. The Labute approximate surface area is 109 Å². The Bertz CT molecular complexity index is 777. The summed E-state index contributed by atoms with van der Waals surface area (Å²) in [6.07, 6.45) is 3.28. The van der Waals surface area contributed by atoms with E-state index in [1.54, 1.807) is 18.5 Å². The maximum Gasteiger partial charge on any atom is 0.372 e. The van der Waals surface area contributed by atoms with Crippen LogP contribution in [-0.2, 0) is 0 Å². The van der Waals surface area contributed by atoms with Crippen LogP contribution in [0.4, 0.5) is 0 Å². The molecule has 3 aromatic rings. The Kier molecular flexibility index (Phi) is 2.52. The fourth-order valence-electron chi connectivity index (χ4n) is 2.10. The Morgan fingerprint density at radius 2 is 2.05 bits per heavy atom. The van der Waals surface area contributed by atoms with E-state index in [1.165, 1.54) is 4.40 Å². The number of fused-ring (bicyclic) bond motifs is 1. The zero-order chi connectivity index (χ0) is 13.4. The molecule has 3 rings (SSSR count). The molecule has 19 heavy (non-hydrogen) atoms. The number of nitrogens with zero attached hydrogens (tertiary/aromatic N) is 3. The molecule has 0 radical (unpaired) electrons. The third kappa shape index (κ3) is 1.76. The predicted octanol–water partition coefficient (Wildman–Crippen LogP) is 2.40. The van der Waals surface area contributed by atoms with Crippen molar-refractivity contribution >= 4 is 11.6 Å². The van der Waals surface area contributed by atoms with Gasteiger partial charge in [-0.05, 0) is 18.6 Å². The van der Waals surface area contributed by atoms with E-state index in [0.717, 1.165) is 11.1 Å². The number of carboxylic acid groups (broad SMARTS) is 1. The molecule has 5 nitrogen and oxygen atoms in total. The first kappa shape index (κ1) is 11.4. The van der Waals surface area contributed by atoms with Gasteiger partial charge in [-0.15, -0.1) is 0 Å². The molecule has 0 spiro atoms. The van der Waals surface area contributed by atoms with Crippen molar-refractivity contribution < 1.29 is 9.90 Å². The molecule has 0 bridgehead atoms. The average molecular weight is 253 g/mol. The van der Waals surface area contributed by atoms with Crippen molar-refractivity contribution in [3.63, 3.8) is 0 Å². The average Bonchev–Trinajstić information content (AvgIpc) is 2.79. The van der Waals surface area contributed by atoms with Crippen molar-refractivity contribution in [1.82, 2.24) is 14.4 Å². The number of aryl methyl sites for hydroxylation is 1. The molecule has 5 heteroatoms. The third-order valence-electron chi connectivity index (χ3n) is 3.00. The lowest BCUT2D eigenvalue weighted by Crippen LogP contribution is -2.03. The van der Waals surface area contributed by atoms with Gasteiger partial charge in [0.2, 0.25) is 5.82 Å². The van der Waals surface area contributed by atoms with E-state index in [1.807, 2.05) is 31.2 Å². The number of carboxylic acids is 1. The van der Waals surface area contributed by atoms with Gasteiger partial charge in [-0.25, -0.2) is 14.8 Å². The zero-order valence-corrected chi connectivity index (χ0v) is 10.2. The normalized spacial score (nSPS) is 10.8. The number of carbonyl (C=O) groups is 1. The zero-order valence-electron chi connectivity index (χ0n) is 10.2. The topological polar surface area (TPSA) is 67.5 Å². The van der Waals surface area contributed by atoms with Crippen molar-refractivity contribution in [2.75, 3.05) is 0 Å². The fourth-order valence-corrected chi connectivity index (χ4v) is 2.10. The summed E-state index contributed by atoms with van der Waals surface area (Å²) in [5, 5.41) is 9.20. The first-order chi connectivity index (χ1) is 9.18. The quantitative estimate of drug-likeness (QED) is 0.761. The van der Waals surface area contributed by atoms with Gasteiger partial charge in [0.1, 0.15) is 5.69 Å². The lowest BCUT2D eigenvalue weighted by atomic mass is 10.1. The lowest BCUT2D eigenvalue weighted by molar-refractivity contribution is 0.0683. The Morgan fingerprint density at radius 1 is 1.26 bits per heavy atom. The molecule has 2 aromatic heterocycles. The van der Waals surface area contributed by atoms with E-state index >= 15 is 0 Å². The number of imidazole rings is 1. The molecule has 0 unspecified atom stereocenters. The molecular weight excluding hydrogens is 242 g/mol. The van der Waals surface area contributed by atoms with Crippen LogP contribution >= 0.6 is 0 Å². The molecular formula is C14H11N3O2. The van der Waals surface area contributed by atoms with Crippen LogP contribution in [0.15, 0.2) is 42.7 Å². The van der Waals surface area contributed by atoms with Crippen LogP contribution in [0.3, 0.4) is 0 Å². The summed E-state index contributed by atoms with van der Waals surface area (Å²) in [6, 6.07) is 9.39. The van der Waals surface area contributed by atoms with Crippen molar-refractivity contribution in [3.8, 4) is 11.3 Å². The largest absolute Gasteiger partial charge is 0.475 e. The van der Waals surface area contributed by atoms with Gasteiger partial charge in [0.25, 0.3) is 0 Å². The Balaban J connectivity index is 2.37. The SMILES string of the molecule is Cc1ccccc1-c1nc(C(=O)O)n2cccnc12. The summed E-state index contributed by atoms with van der Waals surface area (Å²) in [5.41, 5.74) is 3.07. The van der Waals surface area contributed by atoms with Crippen LogP contribution < -0.4 is 0 Å². The maximum atomic E-state index is 11.2. The van der Waals surface area contributed by atoms with Crippen LogP contribution in [0.25, 0.3) is 16.9 Å². The van der Waals surface area contributed by atoms with Gasteiger partial charge in [0, 0.05) is 18.0 Å². The molecule has 0 aliphatic heterocycles. The van der Waals surface area contributed by atoms with Crippen LogP contribution in [0.5, 0.6) is 0 Å². The van der Waals surface area contributed by atoms with Gasteiger partial charge in [-0.2, -0.15) is 0 Å². The fraction of sp³-hybridized carbons (Fsp3) is 0.0714. The van der Waals surface area contributed by atoms with Gasteiger partial charge in [-0.1, -0.05) is 24.3 Å². The minimum atomic E-state index is -1.07. The lowest BCUT2D eigenvalue weighted by Gasteiger charge is -2.01. The smallest absolute Gasteiger partial charge is 0.372 e. The number of benzene rings is 1. The molecule has 0 saturated heterocycles. The highest BCUT2D eigenvalue weighted by Crippen LogP contribution is 2.26. The van der Waals surface area contributed by atoms with Crippen molar-refractivity contribution in [2.45, 2.75) is 6.92 Å². The summed E-state index contributed by atoms with van der Waals surface area (Å²) in [6.45, 7) is 1.96. The summed E-state index contributed by atoms with van der Waals surface area (Å²) in [4.78, 5) is 19.7. The summed E-state index contributed by atoms with van der Waals surface area (Å²) in [7, 11) is 0. The molecule has 1 aromatic carbocycles. The molecule has 1 N–H and O–H groups in total. The highest BCUT2D eigenvalue weighted by Gasteiger charge is 2.18. The number of rotatable bonds is 2. The van der Waals surface area contributed by atoms with Crippen LogP contribution in [-0.4, -0.2) is 25.4 Å². The van der Waals surface area contributed by atoms with E-state index in [0.29, 0.717) is 11.3 Å². The Morgan fingerprint density at radius 3 is 2.79 bits per heavy atom. The van der Waals surface area contributed by atoms with Gasteiger partial charge in [0.05, 0.1) is 0 Å². The predicted molar refractivity (Wildman–Crippen MR) is 70.1 cm³/mol. The van der Waals surface area contributed by atoms with E-state index in [4.69, 9.17) is 0 Å². The standard InChI is InChI=1S/C14H11N3O2/c1-9-5-2-3-6-10(9)11-12-15-7-4-8-17(12)13(16-11)14(18)19/h2-8H,1H3,(H,18,19). The number of hydrogen-bond donors (Lipinski definition) is 1. The van der Waals surface area contributed by atoms with Crippen molar-refractivity contribution in [3.05, 3.63) is 54.1 Å². The number of aromatic carboxylic acids is 1. The molecule has 0 amide bonds. The summed E-state index contributed by atoms with van der Waals surface area (Å²) >= 11 is 0. The first-order valence-electron chi connectivity index (χ1n) is 5.81. The van der Waals surface area contributed by atoms with Crippen molar-refractivity contribution in [1.29, 1.82) is 0 Å². The molecule has 0 fully saturated rings. The van der Waals surface area contributed by atoms with Crippen molar-refractivity contribution in [2.24, 2.45) is 0 Å². The number of aromatic nitrogens is 3. The number of hydrogen-bond acceptors (Lipinski definition) is 3. The third-order valence-corrected chi connectivity index (χ3v) is 3.00. The van der Waals surface area contributed by atoms with E-state index in [2.05, 4.69) is 9.97 Å². The second kappa shape index (κ2) is 4.20. The second-order valence-corrected chi connectivity index (χ2v) is 4.22. The summed E-state index contributed by atoms with van der Waals surface area (Å²) < 4.78 is 1.49. The Hall–Kier alpha value is -2.69. The molecule has 0 atom stereocenters. The van der Waals surface area contributed by atoms with Gasteiger partial charge in [0.15, 0.2) is 5.65 Å². The minimum absolute atomic E-state index is 0.0265. The maximum absolute atomic E-state index is 11.2. The van der Waals surface area contributed by atoms with E-state index in [9.17, 15) is 9.90 Å².